The van der Waals surface area contributed by atoms with E-state index < -0.39 is 0 Å². The third-order valence-electron chi connectivity index (χ3n) is 3.53. The molecule has 5 heteroatoms. The lowest BCUT2D eigenvalue weighted by atomic mass is 10.2. The zero-order valence-electron chi connectivity index (χ0n) is 14.5. The van der Waals surface area contributed by atoms with Gasteiger partial charge in [-0.3, -0.25) is 4.57 Å². The minimum Gasteiger partial charge on any atom is -0.496 e. The van der Waals surface area contributed by atoms with Gasteiger partial charge in [0.2, 0.25) is 5.88 Å². The monoisotopic (exact) mass is 313 g/mol. The molecule has 2 aromatic heterocycles. The van der Waals surface area contributed by atoms with Crippen molar-refractivity contribution in [2.45, 2.75) is 27.7 Å². The number of nitrogens with zero attached hydrogens (tertiary/aromatic N) is 3. The molecule has 0 spiro atoms. The van der Waals surface area contributed by atoms with Crippen molar-refractivity contribution >= 4 is 11.0 Å². The van der Waals surface area contributed by atoms with Gasteiger partial charge in [-0.05, 0) is 43.7 Å². The van der Waals surface area contributed by atoms with Gasteiger partial charge in [0, 0.05) is 11.9 Å². The van der Waals surface area contributed by atoms with E-state index in [9.17, 15) is 0 Å². The number of imidazole rings is 1. The van der Waals surface area contributed by atoms with Gasteiger partial charge in [-0.1, -0.05) is 13.8 Å². The molecule has 3 aromatic rings. The van der Waals surface area contributed by atoms with Crippen LogP contribution in [0.1, 0.15) is 25.2 Å². The molecule has 122 valence electrons. The second kappa shape index (κ2) is 7.13. The van der Waals surface area contributed by atoms with Crippen LogP contribution in [0.3, 0.4) is 0 Å². The highest BCUT2D eigenvalue weighted by Gasteiger charge is 2.15. The van der Waals surface area contributed by atoms with E-state index in [0.717, 1.165) is 33.9 Å². The van der Waals surface area contributed by atoms with Gasteiger partial charge < -0.3 is 9.47 Å². The van der Waals surface area contributed by atoms with Crippen LogP contribution >= 0.6 is 0 Å². The normalized spacial score (nSPS) is 10.2. The minimum atomic E-state index is 0.571. The summed E-state index contributed by atoms with van der Waals surface area (Å²) < 4.78 is 12.7. The van der Waals surface area contributed by atoms with Crippen molar-refractivity contribution in [2.75, 3.05) is 14.2 Å². The largest absolute Gasteiger partial charge is 0.496 e. The first kappa shape index (κ1) is 16.8. The van der Waals surface area contributed by atoms with Gasteiger partial charge in [-0.25, -0.2) is 9.97 Å². The Bertz CT molecular complexity index is 809. The maximum atomic E-state index is 5.38. The molecule has 0 fully saturated rings. The molecule has 0 aliphatic heterocycles. The van der Waals surface area contributed by atoms with Crippen LogP contribution in [-0.4, -0.2) is 28.8 Å². The maximum Gasteiger partial charge on any atom is 0.240 e. The molecular formula is C18H23N3O2. The summed E-state index contributed by atoms with van der Waals surface area (Å²) >= 11 is 0. The van der Waals surface area contributed by atoms with Gasteiger partial charge >= 0.3 is 0 Å². The molecule has 0 saturated carbocycles. The van der Waals surface area contributed by atoms with Crippen LogP contribution < -0.4 is 9.47 Å². The van der Waals surface area contributed by atoms with Crippen molar-refractivity contribution < 1.29 is 9.47 Å². The molecule has 1 aromatic carbocycles. The molecule has 0 amide bonds. The predicted molar refractivity (Wildman–Crippen MR) is 92.8 cm³/mol. The van der Waals surface area contributed by atoms with E-state index in [4.69, 9.17) is 9.47 Å². The van der Waals surface area contributed by atoms with E-state index in [2.05, 4.69) is 16.0 Å². The summed E-state index contributed by atoms with van der Waals surface area (Å²) in [4.78, 5) is 8.86. The highest BCUT2D eigenvalue weighted by Crippen LogP contribution is 2.29. The fraction of sp³-hybridized carbons (Fsp3) is 0.333. The topological polar surface area (TPSA) is 49.2 Å². The van der Waals surface area contributed by atoms with E-state index in [0.29, 0.717) is 5.88 Å². The van der Waals surface area contributed by atoms with Crippen LogP contribution in [0.15, 0.2) is 30.5 Å². The Morgan fingerprint density at radius 2 is 1.74 bits per heavy atom. The molecule has 5 nitrogen and oxygen atoms in total. The molecule has 0 radical (unpaired) electrons. The molecule has 3 rings (SSSR count). The van der Waals surface area contributed by atoms with Crippen LogP contribution in [0.25, 0.3) is 16.7 Å². The van der Waals surface area contributed by atoms with Crippen LogP contribution in [0.5, 0.6) is 11.6 Å². The van der Waals surface area contributed by atoms with Crippen molar-refractivity contribution in [3.8, 4) is 17.3 Å². The quantitative estimate of drug-likeness (QED) is 0.731. The van der Waals surface area contributed by atoms with Gasteiger partial charge in [0.1, 0.15) is 17.1 Å². The second-order valence-electron chi connectivity index (χ2n) is 4.84. The highest BCUT2D eigenvalue weighted by atomic mass is 16.5. The number of rotatable bonds is 3. The van der Waals surface area contributed by atoms with Crippen LogP contribution in [0, 0.1) is 13.8 Å². The molecule has 0 aliphatic carbocycles. The predicted octanol–water partition coefficient (Wildman–Crippen LogP) is 4.08. The summed E-state index contributed by atoms with van der Waals surface area (Å²) in [6.07, 6.45) is 1.71. The Morgan fingerprint density at radius 3 is 2.35 bits per heavy atom. The first-order valence-corrected chi connectivity index (χ1v) is 7.68. The Balaban J connectivity index is 0.000000924. The minimum absolute atomic E-state index is 0.571. The van der Waals surface area contributed by atoms with Crippen LogP contribution in [0.4, 0.5) is 0 Å². The number of hydrogen-bond donors (Lipinski definition) is 0. The standard InChI is InChI=1S/C16H17N3O2.C2H6/c1-10-9-12(5-6-14(10)20-3)19-11(2)18-13-7-8-17-16(21-4)15(13)19;1-2/h5-9H,1-4H3;1-2H3. The molecule has 0 aliphatic rings. The van der Waals surface area contributed by atoms with Gasteiger partial charge in [0.15, 0.2) is 0 Å². The lowest BCUT2D eigenvalue weighted by Gasteiger charge is -2.11. The molecule has 0 bridgehead atoms. The third-order valence-corrected chi connectivity index (χ3v) is 3.53. The zero-order chi connectivity index (χ0) is 17.0. The van der Waals surface area contributed by atoms with E-state index in [-0.39, 0.29) is 0 Å². The van der Waals surface area contributed by atoms with Gasteiger partial charge in [-0.15, -0.1) is 0 Å². The number of methoxy groups -OCH3 is 2. The van der Waals surface area contributed by atoms with Crippen molar-refractivity contribution in [3.05, 3.63) is 41.9 Å². The van der Waals surface area contributed by atoms with Crippen LogP contribution in [0.2, 0.25) is 0 Å². The zero-order valence-corrected chi connectivity index (χ0v) is 14.5. The van der Waals surface area contributed by atoms with E-state index >= 15 is 0 Å². The average Bonchev–Trinajstić information content (AvgIpc) is 2.92. The van der Waals surface area contributed by atoms with Gasteiger partial charge in [-0.2, -0.15) is 0 Å². The third kappa shape index (κ3) is 2.99. The lowest BCUT2D eigenvalue weighted by molar-refractivity contribution is 0.402. The molecule has 23 heavy (non-hydrogen) atoms. The Morgan fingerprint density at radius 1 is 1.00 bits per heavy atom. The molecule has 0 N–H and O–H groups in total. The number of aromatic nitrogens is 3. The van der Waals surface area contributed by atoms with Crippen molar-refractivity contribution in [1.82, 2.24) is 14.5 Å². The highest BCUT2D eigenvalue weighted by molar-refractivity contribution is 5.82. The molecule has 0 saturated heterocycles. The Labute approximate surface area is 136 Å². The Kier molecular flexibility index (Phi) is 5.21. The number of aryl methyl sites for hydroxylation is 2. The number of ether oxygens (including phenoxy) is 2. The fourth-order valence-corrected chi connectivity index (χ4v) is 2.58. The summed E-state index contributed by atoms with van der Waals surface area (Å²) in [5.74, 6) is 2.33. The number of pyridine rings is 1. The molecular weight excluding hydrogens is 290 g/mol. The fourth-order valence-electron chi connectivity index (χ4n) is 2.58. The van der Waals surface area contributed by atoms with Crippen molar-refractivity contribution in [3.63, 3.8) is 0 Å². The van der Waals surface area contributed by atoms with E-state index in [1.165, 1.54) is 0 Å². The van der Waals surface area contributed by atoms with Crippen LogP contribution in [-0.2, 0) is 0 Å². The summed E-state index contributed by atoms with van der Waals surface area (Å²) in [6.45, 7) is 7.99. The SMILES string of the molecule is CC.COc1ccc(-n2c(C)nc3ccnc(OC)c32)cc1C. The summed E-state index contributed by atoms with van der Waals surface area (Å²) in [6, 6.07) is 7.92. The molecule has 2 heterocycles. The Hall–Kier alpha value is -2.56. The summed E-state index contributed by atoms with van der Waals surface area (Å²) in [7, 11) is 3.29. The number of hydrogen-bond acceptors (Lipinski definition) is 4. The first-order chi connectivity index (χ1) is 11.2. The number of benzene rings is 1. The van der Waals surface area contributed by atoms with Gasteiger partial charge in [0.25, 0.3) is 0 Å². The lowest BCUT2D eigenvalue weighted by Crippen LogP contribution is -2.00. The summed E-state index contributed by atoms with van der Waals surface area (Å²) in [5.41, 5.74) is 3.83. The number of fused-ring (bicyclic) bond motifs is 1. The summed E-state index contributed by atoms with van der Waals surface area (Å²) in [5, 5.41) is 0. The van der Waals surface area contributed by atoms with E-state index in [1.54, 1.807) is 20.4 Å². The van der Waals surface area contributed by atoms with Gasteiger partial charge in [0.05, 0.1) is 19.7 Å². The molecule has 0 atom stereocenters. The smallest absolute Gasteiger partial charge is 0.240 e. The first-order valence-electron chi connectivity index (χ1n) is 7.68. The second-order valence-corrected chi connectivity index (χ2v) is 4.84. The average molecular weight is 313 g/mol. The maximum absolute atomic E-state index is 5.38. The van der Waals surface area contributed by atoms with Crippen molar-refractivity contribution in [2.24, 2.45) is 0 Å². The molecule has 0 unspecified atom stereocenters. The van der Waals surface area contributed by atoms with E-state index in [1.807, 2.05) is 50.5 Å². The van der Waals surface area contributed by atoms with Crippen molar-refractivity contribution in [1.29, 1.82) is 0 Å².